The molecule has 1 aromatic heterocycles. The Bertz CT molecular complexity index is 1240. The lowest BCUT2D eigenvalue weighted by molar-refractivity contribution is -0.115. The second-order valence-corrected chi connectivity index (χ2v) is 10.3. The second kappa shape index (κ2) is 9.02. The molecular formula is C22H26N4O3S2. The summed E-state index contributed by atoms with van der Waals surface area (Å²) in [5, 5.41) is 9.01. The van der Waals surface area contributed by atoms with E-state index in [1.165, 1.54) is 41.4 Å². The third-order valence-corrected chi connectivity index (χ3v) is 7.29. The average molecular weight is 459 g/mol. The molecule has 3 aromatic rings. The number of anilines is 1. The summed E-state index contributed by atoms with van der Waals surface area (Å²) in [4.78, 5) is 17.1. The number of hydrogen-bond acceptors (Lipinski definition) is 5. The van der Waals surface area contributed by atoms with Crippen molar-refractivity contribution in [2.75, 3.05) is 11.1 Å². The van der Waals surface area contributed by atoms with Crippen LogP contribution in [0.25, 0.3) is 11.0 Å². The topological polar surface area (TPSA) is 107 Å². The summed E-state index contributed by atoms with van der Waals surface area (Å²) < 4.78 is 25.4. The molecule has 1 amide bonds. The van der Waals surface area contributed by atoms with E-state index in [-0.39, 0.29) is 10.8 Å². The third kappa shape index (κ3) is 4.94. The lowest BCUT2D eigenvalue weighted by atomic mass is 10.1. The maximum atomic E-state index is 12.4. The normalized spacial score (nSPS) is 13.5. The van der Waals surface area contributed by atoms with Crippen molar-refractivity contribution in [2.45, 2.75) is 55.6 Å². The molecule has 3 N–H and O–H groups in total. The van der Waals surface area contributed by atoms with Crippen LogP contribution in [0.1, 0.15) is 37.3 Å². The zero-order chi connectivity index (χ0) is 22.0. The molecule has 0 aliphatic heterocycles. The zero-order valence-electron chi connectivity index (χ0n) is 17.4. The van der Waals surface area contributed by atoms with Crippen LogP contribution in [0.15, 0.2) is 46.5 Å². The summed E-state index contributed by atoms with van der Waals surface area (Å²) in [6.45, 7) is 2.83. The molecule has 0 fully saturated rings. The number of fused-ring (bicyclic) bond motifs is 2. The number of aryl methyl sites for hydroxylation is 3. The number of benzene rings is 2. The molecule has 4 rings (SSSR count). The highest BCUT2D eigenvalue weighted by molar-refractivity contribution is 7.99. The van der Waals surface area contributed by atoms with Gasteiger partial charge in [-0.05, 0) is 67.1 Å². The van der Waals surface area contributed by atoms with Crippen molar-refractivity contribution in [3.63, 3.8) is 0 Å². The summed E-state index contributed by atoms with van der Waals surface area (Å²) >= 11 is 1.50. The number of imidazole rings is 1. The highest BCUT2D eigenvalue weighted by Gasteiger charge is 2.16. The molecule has 164 valence electrons. The van der Waals surface area contributed by atoms with E-state index >= 15 is 0 Å². The molecule has 7 nitrogen and oxygen atoms in total. The number of thioether (sulfide) groups is 1. The van der Waals surface area contributed by atoms with E-state index in [2.05, 4.69) is 33.9 Å². The number of nitrogens with one attached hydrogen (secondary N) is 1. The van der Waals surface area contributed by atoms with Crippen molar-refractivity contribution < 1.29 is 13.2 Å². The van der Waals surface area contributed by atoms with E-state index < -0.39 is 10.0 Å². The average Bonchev–Trinajstić information content (AvgIpc) is 3.31. The van der Waals surface area contributed by atoms with Gasteiger partial charge in [-0.3, -0.25) is 4.79 Å². The Kier molecular flexibility index (Phi) is 6.36. The van der Waals surface area contributed by atoms with Gasteiger partial charge in [0.05, 0.1) is 15.9 Å². The van der Waals surface area contributed by atoms with Crippen molar-refractivity contribution in [1.29, 1.82) is 0 Å². The summed E-state index contributed by atoms with van der Waals surface area (Å²) in [6, 6.07) is 10.9. The fraction of sp³-hybridized carbons (Fsp3) is 0.364. The van der Waals surface area contributed by atoms with E-state index in [4.69, 9.17) is 5.14 Å². The van der Waals surface area contributed by atoms with E-state index in [1.54, 1.807) is 6.07 Å². The number of nitrogens with two attached hydrogens (primary N) is 1. The lowest BCUT2D eigenvalue weighted by Gasteiger charge is -2.09. The Morgan fingerprint density at radius 3 is 2.77 bits per heavy atom. The molecule has 0 saturated carbocycles. The largest absolute Gasteiger partial charge is 0.326 e. The van der Waals surface area contributed by atoms with E-state index in [0.717, 1.165) is 42.2 Å². The number of carbonyl (C=O) groups is 1. The second-order valence-electron chi connectivity index (χ2n) is 7.73. The predicted molar refractivity (Wildman–Crippen MR) is 124 cm³/mol. The van der Waals surface area contributed by atoms with Gasteiger partial charge in [-0.15, -0.1) is 0 Å². The molecule has 1 heterocycles. The number of aromatic nitrogens is 2. The number of amides is 1. The van der Waals surface area contributed by atoms with Gasteiger partial charge in [-0.1, -0.05) is 24.8 Å². The number of carbonyl (C=O) groups excluding carboxylic acids is 1. The maximum Gasteiger partial charge on any atom is 0.238 e. The zero-order valence-corrected chi connectivity index (χ0v) is 19.1. The van der Waals surface area contributed by atoms with Crippen LogP contribution >= 0.6 is 11.8 Å². The van der Waals surface area contributed by atoms with Gasteiger partial charge in [-0.25, -0.2) is 18.5 Å². The molecule has 0 radical (unpaired) electrons. The van der Waals surface area contributed by atoms with E-state index in [9.17, 15) is 13.2 Å². The monoisotopic (exact) mass is 458 g/mol. The van der Waals surface area contributed by atoms with Crippen LogP contribution in [-0.4, -0.2) is 29.6 Å². The van der Waals surface area contributed by atoms with Crippen LogP contribution in [0, 0.1) is 0 Å². The molecule has 2 aromatic carbocycles. The fourth-order valence-electron chi connectivity index (χ4n) is 3.92. The Hall–Kier alpha value is -2.36. The molecule has 9 heteroatoms. The first-order valence-corrected chi connectivity index (χ1v) is 13.0. The summed E-state index contributed by atoms with van der Waals surface area (Å²) in [5.41, 5.74) is 5.02. The van der Waals surface area contributed by atoms with Crippen LogP contribution in [0.5, 0.6) is 0 Å². The molecule has 0 saturated heterocycles. The molecule has 1 aliphatic carbocycles. The molecule has 0 bridgehead atoms. The van der Waals surface area contributed by atoms with Gasteiger partial charge in [0.1, 0.15) is 0 Å². The van der Waals surface area contributed by atoms with Gasteiger partial charge < -0.3 is 9.88 Å². The van der Waals surface area contributed by atoms with Gasteiger partial charge >= 0.3 is 0 Å². The maximum absolute atomic E-state index is 12.4. The van der Waals surface area contributed by atoms with Crippen LogP contribution in [0.4, 0.5) is 5.69 Å². The van der Waals surface area contributed by atoms with Gasteiger partial charge in [0.25, 0.3) is 0 Å². The minimum Gasteiger partial charge on any atom is -0.326 e. The first kappa shape index (κ1) is 21.9. The number of nitrogens with zero attached hydrogens (tertiary/aromatic N) is 2. The highest BCUT2D eigenvalue weighted by Crippen LogP contribution is 2.28. The van der Waals surface area contributed by atoms with Crippen molar-refractivity contribution in [3.05, 3.63) is 47.5 Å². The fourth-order valence-corrected chi connectivity index (χ4v) is 5.43. The van der Waals surface area contributed by atoms with Gasteiger partial charge in [-0.2, -0.15) is 0 Å². The Balaban J connectivity index is 1.43. The van der Waals surface area contributed by atoms with Crippen LogP contribution < -0.4 is 10.5 Å². The van der Waals surface area contributed by atoms with Gasteiger partial charge in [0.15, 0.2) is 5.16 Å². The van der Waals surface area contributed by atoms with Gasteiger partial charge in [0, 0.05) is 24.4 Å². The number of primary sulfonamides is 1. The first-order valence-electron chi connectivity index (χ1n) is 10.4. The highest BCUT2D eigenvalue weighted by atomic mass is 32.2. The molecular weight excluding hydrogens is 432 g/mol. The molecule has 0 spiro atoms. The molecule has 0 unspecified atom stereocenters. The smallest absolute Gasteiger partial charge is 0.238 e. The van der Waals surface area contributed by atoms with Crippen LogP contribution in [0.2, 0.25) is 0 Å². The van der Waals surface area contributed by atoms with Crippen molar-refractivity contribution in [2.24, 2.45) is 5.14 Å². The number of rotatable bonds is 8. The lowest BCUT2D eigenvalue weighted by Crippen LogP contribution is -2.12. The van der Waals surface area contributed by atoms with Crippen LogP contribution in [0.3, 0.4) is 0 Å². The Labute approximate surface area is 186 Å². The van der Waals surface area contributed by atoms with Crippen molar-refractivity contribution in [3.8, 4) is 0 Å². The number of hydrogen-bond donors (Lipinski definition) is 2. The summed E-state index contributed by atoms with van der Waals surface area (Å²) in [5.74, 6) is 0.548. The quantitative estimate of drug-likeness (QED) is 0.501. The van der Waals surface area contributed by atoms with Gasteiger partial charge in [0.2, 0.25) is 15.9 Å². The molecule has 0 atom stereocenters. The summed E-state index contributed by atoms with van der Waals surface area (Å²) in [6.07, 6.45) is 4.66. The van der Waals surface area contributed by atoms with Crippen molar-refractivity contribution in [1.82, 2.24) is 9.55 Å². The predicted octanol–water partition coefficient (Wildman–Crippen LogP) is 3.70. The minimum atomic E-state index is -3.78. The Morgan fingerprint density at radius 1 is 1.19 bits per heavy atom. The molecule has 1 aliphatic rings. The first-order chi connectivity index (χ1) is 14.8. The van der Waals surface area contributed by atoms with E-state index in [0.29, 0.717) is 17.7 Å². The molecule has 31 heavy (non-hydrogen) atoms. The minimum absolute atomic E-state index is 0.0277. The number of sulfonamides is 1. The van der Waals surface area contributed by atoms with Crippen LogP contribution in [-0.2, 0) is 34.2 Å². The Morgan fingerprint density at radius 2 is 2.00 bits per heavy atom. The SMILES string of the molecule is CCCn1c(SCCC(=O)Nc2ccc3c(c2)CCC3)nc2cc(S(N)(=O)=O)ccc21. The summed E-state index contributed by atoms with van der Waals surface area (Å²) in [7, 11) is -3.78. The van der Waals surface area contributed by atoms with Crippen molar-refractivity contribution >= 4 is 44.4 Å². The van der Waals surface area contributed by atoms with E-state index in [1.807, 2.05) is 6.07 Å². The standard InChI is InChI=1S/C22H26N4O3S2/c1-2-11-26-20-9-8-18(31(23,28)29)14-19(20)25-22(26)30-12-10-21(27)24-17-7-6-15-4-3-5-16(15)13-17/h6-9,13-14H,2-5,10-12H2,1H3,(H,24,27)(H2,23,28,29). The third-order valence-electron chi connectivity index (χ3n) is 5.40.